The van der Waals surface area contributed by atoms with Gasteiger partial charge in [-0.05, 0) is 42.8 Å². The normalized spacial score (nSPS) is 10.6. The van der Waals surface area contributed by atoms with Crippen LogP contribution >= 0.6 is 11.8 Å². The molecule has 0 fully saturated rings. The number of thioether (sulfide) groups is 1. The van der Waals surface area contributed by atoms with Gasteiger partial charge in [0.25, 0.3) is 0 Å². The molecule has 6 heteroatoms. The van der Waals surface area contributed by atoms with Gasteiger partial charge in [0.1, 0.15) is 0 Å². The van der Waals surface area contributed by atoms with Gasteiger partial charge in [-0.15, -0.1) is 11.8 Å². The molecule has 1 N–H and O–H groups in total. The maximum atomic E-state index is 12.2. The lowest BCUT2D eigenvalue weighted by molar-refractivity contribution is -0.115. The molecule has 0 unspecified atom stereocenters. The summed E-state index contributed by atoms with van der Waals surface area (Å²) in [7, 11) is 1.33. The van der Waals surface area contributed by atoms with Crippen LogP contribution in [0.15, 0.2) is 59.6 Å². The van der Waals surface area contributed by atoms with Gasteiger partial charge >= 0.3 is 5.97 Å². The molecule has 0 bridgehead atoms. The first-order chi connectivity index (χ1) is 13.1. The number of fused-ring (bicyclic) bond motifs is 1. The number of carbonyl (C=O) groups is 2. The molecule has 0 radical (unpaired) electrons. The third-order valence-electron chi connectivity index (χ3n) is 4.05. The van der Waals surface area contributed by atoms with Gasteiger partial charge in [0, 0.05) is 23.2 Å². The van der Waals surface area contributed by atoms with Crippen molar-refractivity contribution in [3.8, 4) is 0 Å². The second-order valence-corrected chi connectivity index (χ2v) is 7.13. The van der Waals surface area contributed by atoms with E-state index in [2.05, 4.69) is 28.0 Å². The summed E-state index contributed by atoms with van der Waals surface area (Å²) in [4.78, 5) is 28.4. The predicted octanol–water partition coefficient (Wildman–Crippen LogP) is 4.45. The summed E-state index contributed by atoms with van der Waals surface area (Å²) < 4.78 is 4.69. The van der Waals surface area contributed by atoms with E-state index in [-0.39, 0.29) is 5.91 Å². The molecule has 1 amide bonds. The molecule has 0 saturated carbocycles. The monoisotopic (exact) mass is 380 g/mol. The molecular weight excluding hydrogens is 360 g/mol. The van der Waals surface area contributed by atoms with Gasteiger partial charge in [0.2, 0.25) is 5.91 Å². The number of nitrogens with zero attached hydrogens (tertiary/aromatic N) is 1. The molecular formula is C21H20N2O3S. The first kappa shape index (κ1) is 18.9. The van der Waals surface area contributed by atoms with E-state index in [1.54, 1.807) is 36.0 Å². The second-order valence-electron chi connectivity index (χ2n) is 6.01. The molecule has 3 rings (SSSR count). The molecule has 27 heavy (non-hydrogen) atoms. The van der Waals surface area contributed by atoms with Crippen molar-refractivity contribution in [3.05, 3.63) is 65.7 Å². The van der Waals surface area contributed by atoms with Gasteiger partial charge in [-0.1, -0.05) is 24.3 Å². The summed E-state index contributed by atoms with van der Waals surface area (Å²) in [6.07, 6.45) is 0.348. The van der Waals surface area contributed by atoms with Gasteiger partial charge in [0.05, 0.1) is 23.2 Å². The molecule has 0 saturated heterocycles. The van der Waals surface area contributed by atoms with Crippen molar-refractivity contribution in [1.82, 2.24) is 4.98 Å². The van der Waals surface area contributed by atoms with Crippen molar-refractivity contribution in [3.63, 3.8) is 0 Å². The SMILES string of the molecule is COC(=O)c1cccc(NC(=O)CCSc2cc(C)c3ccccc3n2)c1. The minimum atomic E-state index is -0.431. The maximum absolute atomic E-state index is 12.2. The highest BCUT2D eigenvalue weighted by Crippen LogP contribution is 2.24. The summed E-state index contributed by atoms with van der Waals surface area (Å²) in [6, 6.07) is 16.8. The number of pyridine rings is 1. The summed E-state index contributed by atoms with van der Waals surface area (Å²) >= 11 is 1.55. The fourth-order valence-corrected chi connectivity index (χ4v) is 3.63. The Morgan fingerprint density at radius 3 is 2.74 bits per heavy atom. The number of carbonyl (C=O) groups excluding carboxylic acids is 2. The molecule has 0 aliphatic rings. The van der Waals surface area contributed by atoms with E-state index in [1.165, 1.54) is 12.7 Å². The molecule has 2 aromatic carbocycles. The summed E-state index contributed by atoms with van der Waals surface area (Å²) in [5.74, 6) is 0.0780. The van der Waals surface area contributed by atoms with Crippen LogP contribution in [0.3, 0.4) is 0 Å². The maximum Gasteiger partial charge on any atom is 0.337 e. The highest BCUT2D eigenvalue weighted by molar-refractivity contribution is 7.99. The molecule has 5 nitrogen and oxygen atoms in total. The van der Waals surface area contributed by atoms with E-state index in [0.717, 1.165) is 15.9 Å². The van der Waals surface area contributed by atoms with Gasteiger partial charge in [-0.2, -0.15) is 0 Å². The Bertz CT molecular complexity index is 988. The molecule has 1 aromatic heterocycles. The van der Waals surface area contributed by atoms with Gasteiger partial charge in [-0.25, -0.2) is 9.78 Å². The number of anilines is 1. The molecule has 0 atom stereocenters. The van der Waals surface area contributed by atoms with E-state index in [0.29, 0.717) is 23.4 Å². The number of hydrogen-bond donors (Lipinski definition) is 1. The molecule has 0 spiro atoms. The van der Waals surface area contributed by atoms with Crippen molar-refractivity contribution >= 4 is 40.2 Å². The number of esters is 1. The van der Waals surface area contributed by atoms with Crippen LogP contribution in [0.25, 0.3) is 10.9 Å². The standard InChI is InChI=1S/C21H20N2O3S/c1-14-12-20(23-18-9-4-3-8-17(14)18)27-11-10-19(24)22-16-7-5-6-15(13-16)21(25)26-2/h3-9,12-13H,10-11H2,1-2H3,(H,22,24). The number of aromatic nitrogens is 1. The summed E-state index contributed by atoms with van der Waals surface area (Å²) in [5, 5.41) is 4.86. The number of ether oxygens (including phenoxy) is 1. The van der Waals surface area contributed by atoms with Crippen LogP contribution in [0.2, 0.25) is 0 Å². The Hall–Kier alpha value is -2.86. The first-order valence-electron chi connectivity index (χ1n) is 8.54. The molecule has 0 aliphatic heterocycles. The lowest BCUT2D eigenvalue weighted by atomic mass is 10.1. The number of nitrogens with one attached hydrogen (secondary N) is 1. The molecule has 1 heterocycles. The third-order valence-corrected chi connectivity index (χ3v) is 4.96. The smallest absolute Gasteiger partial charge is 0.337 e. The van der Waals surface area contributed by atoms with Gasteiger partial charge in [-0.3, -0.25) is 4.79 Å². The zero-order valence-corrected chi connectivity index (χ0v) is 16.0. The first-order valence-corrected chi connectivity index (χ1v) is 9.53. The van der Waals surface area contributed by atoms with Crippen molar-refractivity contribution in [2.75, 3.05) is 18.2 Å². The van der Waals surface area contributed by atoms with Crippen LogP contribution in [0.5, 0.6) is 0 Å². The number of amides is 1. The number of aryl methyl sites for hydroxylation is 1. The highest BCUT2D eigenvalue weighted by atomic mass is 32.2. The average molecular weight is 380 g/mol. The van der Waals surface area contributed by atoms with Crippen molar-refractivity contribution in [2.45, 2.75) is 18.4 Å². The Morgan fingerprint density at radius 1 is 1.11 bits per heavy atom. The van der Waals surface area contributed by atoms with Crippen LogP contribution in [-0.4, -0.2) is 29.7 Å². The number of rotatable bonds is 6. The van der Waals surface area contributed by atoms with Crippen LogP contribution in [0.1, 0.15) is 22.3 Å². The number of benzene rings is 2. The van der Waals surface area contributed by atoms with Gasteiger partial charge in [0.15, 0.2) is 0 Å². The quantitative estimate of drug-likeness (QED) is 0.505. The average Bonchev–Trinajstić information content (AvgIpc) is 2.67. The van der Waals surface area contributed by atoms with Gasteiger partial charge < -0.3 is 10.1 Å². The van der Waals surface area contributed by atoms with Crippen LogP contribution in [0, 0.1) is 6.92 Å². The van der Waals surface area contributed by atoms with Crippen molar-refractivity contribution in [2.24, 2.45) is 0 Å². The largest absolute Gasteiger partial charge is 0.465 e. The minimum Gasteiger partial charge on any atom is -0.465 e. The van der Waals surface area contributed by atoms with Crippen molar-refractivity contribution in [1.29, 1.82) is 0 Å². The van der Waals surface area contributed by atoms with Crippen LogP contribution in [-0.2, 0) is 9.53 Å². The fourth-order valence-electron chi connectivity index (χ4n) is 2.71. The number of methoxy groups -OCH3 is 1. The zero-order valence-electron chi connectivity index (χ0n) is 15.2. The van der Waals surface area contributed by atoms with Crippen LogP contribution < -0.4 is 5.32 Å². The van der Waals surface area contributed by atoms with Crippen molar-refractivity contribution < 1.29 is 14.3 Å². The summed E-state index contributed by atoms with van der Waals surface area (Å²) in [5.41, 5.74) is 3.12. The number of para-hydroxylation sites is 1. The molecule has 0 aliphatic carbocycles. The Labute approximate surface area is 162 Å². The zero-order chi connectivity index (χ0) is 19.2. The topological polar surface area (TPSA) is 68.3 Å². The van der Waals surface area contributed by atoms with E-state index in [9.17, 15) is 9.59 Å². The fraction of sp³-hybridized carbons (Fsp3) is 0.190. The summed E-state index contributed by atoms with van der Waals surface area (Å²) in [6.45, 7) is 2.06. The molecule has 138 valence electrons. The van der Waals surface area contributed by atoms with E-state index >= 15 is 0 Å². The van der Waals surface area contributed by atoms with E-state index < -0.39 is 5.97 Å². The third kappa shape index (κ3) is 4.86. The molecule has 3 aromatic rings. The Morgan fingerprint density at radius 2 is 1.93 bits per heavy atom. The minimum absolute atomic E-state index is 0.109. The van der Waals surface area contributed by atoms with E-state index in [4.69, 9.17) is 0 Å². The highest BCUT2D eigenvalue weighted by Gasteiger charge is 2.09. The Kier molecular flexibility index (Phi) is 6.08. The van der Waals surface area contributed by atoms with E-state index in [1.807, 2.05) is 24.3 Å². The van der Waals surface area contributed by atoms with Crippen LogP contribution in [0.4, 0.5) is 5.69 Å². The predicted molar refractivity (Wildman–Crippen MR) is 108 cm³/mol. The number of hydrogen-bond acceptors (Lipinski definition) is 5. The second kappa shape index (κ2) is 8.68. The lowest BCUT2D eigenvalue weighted by Gasteiger charge is -2.08. The lowest BCUT2D eigenvalue weighted by Crippen LogP contribution is -2.13. The Balaban J connectivity index is 1.56.